The predicted molar refractivity (Wildman–Crippen MR) is 56.3 cm³/mol. The third kappa shape index (κ3) is 2.27. The third-order valence-electron chi connectivity index (χ3n) is 2.42. The number of halogens is 1. The quantitative estimate of drug-likeness (QED) is 0.796. The SMILES string of the molecule is COc1cc(C)c(F)cc1C(C)(N)CO. The molecule has 0 spiro atoms. The van der Waals surface area contributed by atoms with Crippen LogP contribution in [0.3, 0.4) is 0 Å². The molecule has 0 heterocycles. The molecule has 0 amide bonds. The van der Waals surface area contributed by atoms with E-state index in [1.165, 1.54) is 13.2 Å². The van der Waals surface area contributed by atoms with E-state index in [9.17, 15) is 4.39 Å². The average molecular weight is 213 g/mol. The molecule has 0 aliphatic heterocycles. The number of hydrogen-bond donors (Lipinski definition) is 2. The molecule has 1 atom stereocenters. The van der Waals surface area contributed by atoms with Crippen LogP contribution in [0.4, 0.5) is 4.39 Å². The monoisotopic (exact) mass is 213 g/mol. The summed E-state index contributed by atoms with van der Waals surface area (Å²) in [5, 5.41) is 9.12. The number of methoxy groups -OCH3 is 1. The van der Waals surface area contributed by atoms with Gasteiger partial charge in [-0.25, -0.2) is 4.39 Å². The maximum Gasteiger partial charge on any atom is 0.126 e. The molecular weight excluding hydrogens is 197 g/mol. The molecule has 0 aliphatic carbocycles. The van der Waals surface area contributed by atoms with Gasteiger partial charge < -0.3 is 15.6 Å². The molecule has 1 unspecified atom stereocenters. The summed E-state index contributed by atoms with van der Waals surface area (Å²) in [5.41, 5.74) is 5.79. The number of aliphatic hydroxyl groups is 1. The number of hydrogen-bond acceptors (Lipinski definition) is 3. The Morgan fingerprint density at radius 2 is 2.13 bits per heavy atom. The summed E-state index contributed by atoms with van der Waals surface area (Å²) in [6.07, 6.45) is 0. The summed E-state index contributed by atoms with van der Waals surface area (Å²) in [4.78, 5) is 0. The van der Waals surface area contributed by atoms with Crippen LogP contribution in [0, 0.1) is 12.7 Å². The van der Waals surface area contributed by atoms with Gasteiger partial charge in [-0.1, -0.05) is 0 Å². The third-order valence-corrected chi connectivity index (χ3v) is 2.42. The molecule has 0 bridgehead atoms. The summed E-state index contributed by atoms with van der Waals surface area (Å²) in [5.74, 6) is 0.142. The Balaban J connectivity index is 3.34. The summed E-state index contributed by atoms with van der Waals surface area (Å²) < 4.78 is 18.5. The predicted octanol–water partition coefficient (Wildman–Crippen LogP) is 1.31. The van der Waals surface area contributed by atoms with Crippen molar-refractivity contribution < 1.29 is 14.2 Å². The first kappa shape index (κ1) is 11.9. The van der Waals surface area contributed by atoms with Crippen molar-refractivity contribution in [3.8, 4) is 5.75 Å². The number of rotatable bonds is 3. The van der Waals surface area contributed by atoms with E-state index >= 15 is 0 Å². The molecule has 0 fully saturated rings. The molecule has 1 aromatic rings. The summed E-state index contributed by atoms with van der Waals surface area (Å²) >= 11 is 0. The lowest BCUT2D eigenvalue weighted by Crippen LogP contribution is -2.37. The van der Waals surface area contributed by atoms with E-state index in [1.807, 2.05) is 0 Å². The molecule has 0 aromatic heterocycles. The summed E-state index contributed by atoms with van der Waals surface area (Å²) in [6.45, 7) is 3.00. The standard InChI is InChI=1S/C11H16FNO2/c1-7-4-10(15-3)8(5-9(7)12)11(2,13)6-14/h4-5,14H,6,13H2,1-3H3. The fourth-order valence-electron chi connectivity index (χ4n) is 1.36. The molecule has 84 valence electrons. The highest BCUT2D eigenvalue weighted by molar-refractivity contribution is 5.42. The molecule has 0 aliphatic rings. The molecule has 3 N–H and O–H groups in total. The van der Waals surface area contributed by atoms with Crippen molar-refractivity contribution in [2.75, 3.05) is 13.7 Å². The van der Waals surface area contributed by atoms with Crippen LogP contribution in [0.25, 0.3) is 0 Å². The fourth-order valence-corrected chi connectivity index (χ4v) is 1.36. The lowest BCUT2D eigenvalue weighted by Gasteiger charge is -2.25. The van der Waals surface area contributed by atoms with E-state index in [0.717, 1.165) is 0 Å². The van der Waals surface area contributed by atoms with Gasteiger partial charge in [-0.15, -0.1) is 0 Å². The summed E-state index contributed by atoms with van der Waals surface area (Å²) in [6, 6.07) is 2.88. The second-order valence-corrected chi connectivity index (χ2v) is 3.88. The van der Waals surface area contributed by atoms with Crippen LogP contribution in [0.1, 0.15) is 18.1 Å². The van der Waals surface area contributed by atoms with Gasteiger partial charge in [-0.3, -0.25) is 0 Å². The van der Waals surface area contributed by atoms with Crippen LogP contribution in [-0.4, -0.2) is 18.8 Å². The van der Waals surface area contributed by atoms with E-state index in [1.54, 1.807) is 19.9 Å². The Morgan fingerprint density at radius 3 is 2.60 bits per heavy atom. The van der Waals surface area contributed by atoms with Gasteiger partial charge in [0.1, 0.15) is 11.6 Å². The number of aryl methyl sites for hydroxylation is 1. The Bertz CT molecular complexity index is 364. The van der Waals surface area contributed by atoms with Crippen LogP contribution in [0.2, 0.25) is 0 Å². The Kier molecular flexibility index (Phi) is 3.31. The molecule has 15 heavy (non-hydrogen) atoms. The maximum absolute atomic E-state index is 13.4. The first-order valence-electron chi connectivity index (χ1n) is 4.66. The van der Waals surface area contributed by atoms with Gasteiger partial charge >= 0.3 is 0 Å². The van der Waals surface area contributed by atoms with Crippen molar-refractivity contribution in [1.82, 2.24) is 0 Å². The van der Waals surface area contributed by atoms with Gasteiger partial charge in [0.05, 0.1) is 19.3 Å². The smallest absolute Gasteiger partial charge is 0.126 e. The van der Waals surface area contributed by atoms with E-state index in [-0.39, 0.29) is 12.4 Å². The zero-order chi connectivity index (χ0) is 11.6. The number of benzene rings is 1. The van der Waals surface area contributed by atoms with Crippen molar-refractivity contribution in [1.29, 1.82) is 0 Å². The Hall–Kier alpha value is -1.13. The van der Waals surface area contributed by atoms with Gasteiger partial charge in [0, 0.05) is 5.56 Å². The zero-order valence-corrected chi connectivity index (χ0v) is 9.17. The minimum absolute atomic E-state index is 0.272. The largest absolute Gasteiger partial charge is 0.496 e. The van der Waals surface area contributed by atoms with Crippen molar-refractivity contribution in [3.05, 3.63) is 29.1 Å². The van der Waals surface area contributed by atoms with E-state index in [2.05, 4.69) is 0 Å². The molecular formula is C11H16FNO2. The number of nitrogens with two attached hydrogens (primary N) is 1. The normalized spacial score (nSPS) is 14.8. The first-order chi connectivity index (χ1) is 6.92. The average Bonchev–Trinajstić information content (AvgIpc) is 2.21. The second-order valence-electron chi connectivity index (χ2n) is 3.88. The molecule has 0 radical (unpaired) electrons. The van der Waals surface area contributed by atoms with Gasteiger partial charge in [0.25, 0.3) is 0 Å². The Morgan fingerprint density at radius 1 is 1.53 bits per heavy atom. The molecule has 1 aromatic carbocycles. The fraction of sp³-hybridized carbons (Fsp3) is 0.455. The second kappa shape index (κ2) is 4.16. The number of ether oxygens (including phenoxy) is 1. The van der Waals surface area contributed by atoms with Crippen LogP contribution in [0.15, 0.2) is 12.1 Å². The zero-order valence-electron chi connectivity index (χ0n) is 9.17. The van der Waals surface area contributed by atoms with Crippen LogP contribution >= 0.6 is 0 Å². The minimum atomic E-state index is -1.00. The molecule has 0 saturated carbocycles. The van der Waals surface area contributed by atoms with Gasteiger partial charge in [-0.05, 0) is 31.5 Å². The van der Waals surface area contributed by atoms with Gasteiger partial charge in [0.2, 0.25) is 0 Å². The van der Waals surface area contributed by atoms with Crippen LogP contribution in [0.5, 0.6) is 5.75 Å². The molecule has 1 rings (SSSR count). The van der Waals surface area contributed by atoms with Gasteiger partial charge in [0.15, 0.2) is 0 Å². The first-order valence-corrected chi connectivity index (χ1v) is 4.66. The highest BCUT2D eigenvalue weighted by Crippen LogP contribution is 2.30. The van der Waals surface area contributed by atoms with E-state index in [4.69, 9.17) is 15.6 Å². The van der Waals surface area contributed by atoms with Crippen molar-refractivity contribution in [2.24, 2.45) is 5.73 Å². The highest BCUT2D eigenvalue weighted by Gasteiger charge is 2.25. The topological polar surface area (TPSA) is 55.5 Å². The van der Waals surface area contributed by atoms with Crippen molar-refractivity contribution in [3.63, 3.8) is 0 Å². The summed E-state index contributed by atoms with van der Waals surface area (Å²) in [7, 11) is 1.49. The molecule has 0 saturated heterocycles. The van der Waals surface area contributed by atoms with E-state index < -0.39 is 5.54 Å². The van der Waals surface area contributed by atoms with Crippen molar-refractivity contribution in [2.45, 2.75) is 19.4 Å². The number of aliphatic hydroxyl groups excluding tert-OH is 1. The molecule has 4 heteroatoms. The van der Waals surface area contributed by atoms with E-state index in [0.29, 0.717) is 16.9 Å². The van der Waals surface area contributed by atoms with Gasteiger partial charge in [-0.2, -0.15) is 0 Å². The maximum atomic E-state index is 13.4. The highest BCUT2D eigenvalue weighted by atomic mass is 19.1. The lowest BCUT2D eigenvalue weighted by molar-refractivity contribution is 0.206. The van der Waals surface area contributed by atoms with Crippen LogP contribution < -0.4 is 10.5 Å². The Labute approximate surface area is 88.7 Å². The lowest BCUT2D eigenvalue weighted by atomic mass is 9.92. The minimum Gasteiger partial charge on any atom is -0.496 e. The molecule has 3 nitrogen and oxygen atoms in total. The van der Waals surface area contributed by atoms with Crippen molar-refractivity contribution >= 4 is 0 Å². The van der Waals surface area contributed by atoms with Crippen LogP contribution in [-0.2, 0) is 5.54 Å².